The van der Waals surface area contributed by atoms with Crippen LogP contribution in [0.5, 0.6) is 0 Å². The zero-order valence-electron chi connectivity index (χ0n) is 11.1. The van der Waals surface area contributed by atoms with Gasteiger partial charge in [-0.2, -0.15) is 4.31 Å². The second-order valence-electron chi connectivity index (χ2n) is 4.40. The highest BCUT2D eigenvalue weighted by Gasteiger charge is 2.27. The van der Waals surface area contributed by atoms with Crippen molar-refractivity contribution in [1.82, 2.24) is 4.31 Å². The third-order valence-electron chi connectivity index (χ3n) is 3.14. The van der Waals surface area contributed by atoms with E-state index in [0.717, 1.165) is 17.0 Å². The highest BCUT2D eigenvalue weighted by atomic mass is 32.2. The molecule has 1 heterocycles. The van der Waals surface area contributed by atoms with E-state index < -0.39 is 15.8 Å². The Labute approximate surface area is 121 Å². The summed E-state index contributed by atoms with van der Waals surface area (Å²) in [6.07, 6.45) is 0. The molecule has 4 nitrogen and oxygen atoms in total. The molecule has 0 radical (unpaired) electrons. The molecule has 0 aliphatic carbocycles. The molecule has 0 bridgehead atoms. The molecule has 0 aliphatic rings. The molecule has 2 aromatic rings. The van der Waals surface area contributed by atoms with E-state index in [9.17, 15) is 12.8 Å². The van der Waals surface area contributed by atoms with Gasteiger partial charge in [0.05, 0.1) is 16.6 Å². The zero-order chi connectivity index (χ0) is 14.9. The van der Waals surface area contributed by atoms with E-state index in [2.05, 4.69) is 0 Å². The van der Waals surface area contributed by atoms with E-state index in [1.807, 2.05) is 17.5 Å². The Morgan fingerprint density at radius 1 is 1.35 bits per heavy atom. The fourth-order valence-corrected chi connectivity index (χ4v) is 4.04. The minimum atomic E-state index is -3.71. The van der Waals surface area contributed by atoms with Crippen molar-refractivity contribution in [3.8, 4) is 0 Å². The minimum absolute atomic E-state index is 0.0118. The Morgan fingerprint density at radius 3 is 2.60 bits per heavy atom. The van der Waals surface area contributed by atoms with Gasteiger partial charge >= 0.3 is 0 Å². The summed E-state index contributed by atoms with van der Waals surface area (Å²) in [6.45, 7) is 1.80. The normalized spacial score (nSPS) is 13.6. The van der Waals surface area contributed by atoms with Gasteiger partial charge in [-0.05, 0) is 36.6 Å². The molecular weight excluding hydrogens is 299 g/mol. The van der Waals surface area contributed by atoms with Crippen molar-refractivity contribution in [3.05, 3.63) is 46.4 Å². The van der Waals surface area contributed by atoms with Gasteiger partial charge in [0, 0.05) is 11.9 Å². The molecule has 0 saturated carbocycles. The predicted molar refractivity (Wildman–Crippen MR) is 78.5 cm³/mol. The van der Waals surface area contributed by atoms with Gasteiger partial charge in [-0.15, -0.1) is 11.3 Å². The third-order valence-corrected chi connectivity index (χ3v) is 6.11. The smallest absolute Gasteiger partial charge is 0.243 e. The third kappa shape index (κ3) is 2.70. The van der Waals surface area contributed by atoms with Crippen LogP contribution in [0.3, 0.4) is 0 Å². The molecule has 0 aliphatic heterocycles. The van der Waals surface area contributed by atoms with Crippen molar-refractivity contribution in [2.45, 2.75) is 17.9 Å². The van der Waals surface area contributed by atoms with E-state index in [1.54, 1.807) is 6.92 Å². The van der Waals surface area contributed by atoms with Crippen LogP contribution in [-0.4, -0.2) is 19.8 Å². The summed E-state index contributed by atoms with van der Waals surface area (Å²) >= 11 is 1.49. The van der Waals surface area contributed by atoms with Crippen LogP contribution in [0.25, 0.3) is 0 Å². The molecule has 0 fully saturated rings. The zero-order valence-corrected chi connectivity index (χ0v) is 12.7. The topological polar surface area (TPSA) is 63.4 Å². The van der Waals surface area contributed by atoms with Gasteiger partial charge in [0.25, 0.3) is 0 Å². The molecule has 108 valence electrons. The van der Waals surface area contributed by atoms with Crippen LogP contribution in [0.4, 0.5) is 10.1 Å². The number of rotatable bonds is 4. The number of anilines is 1. The fourth-order valence-electron chi connectivity index (χ4n) is 1.76. The summed E-state index contributed by atoms with van der Waals surface area (Å²) in [5, 5.41) is 1.89. The second kappa shape index (κ2) is 5.51. The Balaban J connectivity index is 2.36. The number of benzene rings is 1. The first kappa shape index (κ1) is 15.0. The minimum Gasteiger partial charge on any atom is -0.396 e. The van der Waals surface area contributed by atoms with Gasteiger partial charge in [0.1, 0.15) is 5.82 Å². The van der Waals surface area contributed by atoms with Gasteiger partial charge < -0.3 is 5.73 Å². The Bertz CT molecular complexity index is 699. The SMILES string of the molecule is CC(c1cccs1)N(C)S(=O)(=O)c1ccc(F)c(N)c1. The quantitative estimate of drug-likeness (QED) is 0.883. The number of halogens is 1. The monoisotopic (exact) mass is 314 g/mol. The maximum atomic E-state index is 13.1. The lowest BCUT2D eigenvalue weighted by Crippen LogP contribution is -2.29. The maximum Gasteiger partial charge on any atom is 0.243 e. The maximum absolute atomic E-state index is 13.1. The van der Waals surface area contributed by atoms with E-state index in [1.165, 1.54) is 28.8 Å². The standard InChI is InChI=1S/C13H15FN2O2S2/c1-9(13-4-3-7-19-13)16(2)20(17,18)10-5-6-11(14)12(15)8-10/h3-9H,15H2,1-2H3. The van der Waals surface area contributed by atoms with Gasteiger partial charge in [0.2, 0.25) is 10.0 Å². The number of sulfonamides is 1. The molecule has 0 saturated heterocycles. The second-order valence-corrected chi connectivity index (χ2v) is 7.37. The Kier molecular flexibility index (Phi) is 4.12. The van der Waals surface area contributed by atoms with E-state index in [0.29, 0.717) is 0 Å². The van der Waals surface area contributed by atoms with Crippen LogP contribution >= 0.6 is 11.3 Å². The summed E-state index contributed by atoms with van der Waals surface area (Å²) in [5.41, 5.74) is 5.25. The number of nitrogens with two attached hydrogens (primary N) is 1. The van der Waals surface area contributed by atoms with Crippen molar-refractivity contribution >= 4 is 27.0 Å². The summed E-state index contributed by atoms with van der Waals surface area (Å²) in [7, 11) is -2.21. The molecule has 0 spiro atoms. The fraction of sp³-hybridized carbons (Fsp3) is 0.231. The van der Waals surface area contributed by atoms with E-state index >= 15 is 0 Å². The molecule has 2 rings (SSSR count). The van der Waals surface area contributed by atoms with E-state index in [-0.39, 0.29) is 16.6 Å². The molecule has 20 heavy (non-hydrogen) atoms. The van der Waals surface area contributed by atoms with Crippen molar-refractivity contribution in [2.75, 3.05) is 12.8 Å². The van der Waals surface area contributed by atoms with Crippen LogP contribution in [0.1, 0.15) is 17.8 Å². The molecule has 1 aromatic carbocycles. The largest absolute Gasteiger partial charge is 0.396 e. The Morgan fingerprint density at radius 2 is 2.05 bits per heavy atom. The number of nitrogen functional groups attached to an aromatic ring is 1. The first-order valence-corrected chi connectivity index (χ1v) is 8.22. The molecule has 1 aromatic heterocycles. The van der Waals surface area contributed by atoms with Crippen molar-refractivity contribution in [1.29, 1.82) is 0 Å². The van der Waals surface area contributed by atoms with Crippen LogP contribution in [0.2, 0.25) is 0 Å². The number of nitrogens with zero attached hydrogens (tertiary/aromatic N) is 1. The average molecular weight is 314 g/mol. The lowest BCUT2D eigenvalue weighted by molar-refractivity contribution is 0.403. The van der Waals surface area contributed by atoms with Crippen molar-refractivity contribution < 1.29 is 12.8 Å². The number of thiophene rings is 1. The van der Waals surface area contributed by atoms with Crippen molar-refractivity contribution in [2.24, 2.45) is 0 Å². The summed E-state index contributed by atoms with van der Waals surface area (Å²) in [5.74, 6) is -0.627. The average Bonchev–Trinajstić information content (AvgIpc) is 2.94. The predicted octanol–water partition coefficient (Wildman–Crippen LogP) is 2.85. The van der Waals surface area contributed by atoms with Gasteiger partial charge in [-0.3, -0.25) is 0 Å². The van der Waals surface area contributed by atoms with Crippen molar-refractivity contribution in [3.63, 3.8) is 0 Å². The first-order valence-electron chi connectivity index (χ1n) is 5.90. The van der Waals surface area contributed by atoms with Crippen LogP contribution < -0.4 is 5.73 Å². The molecule has 0 amide bonds. The molecule has 1 unspecified atom stereocenters. The van der Waals surface area contributed by atoms with E-state index in [4.69, 9.17) is 5.73 Å². The summed E-state index contributed by atoms with van der Waals surface area (Å²) < 4.78 is 39.4. The van der Waals surface area contributed by atoms with Crippen LogP contribution in [0, 0.1) is 5.82 Å². The van der Waals surface area contributed by atoms with Gasteiger partial charge in [0.15, 0.2) is 0 Å². The summed E-state index contributed by atoms with van der Waals surface area (Å²) in [4.78, 5) is 0.925. The highest BCUT2D eigenvalue weighted by Crippen LogP contribution is 2.29. The molecule has 1 atom stereocenters. The van der Waals surface area contributed by atoms with Gasteiger partial charge in [-0.25, -0.2) is 12.8 Å². The first-order chi connectivity index (χ1) is 9.34. The molecule has 7 heteroatoms. The molecular formula is C13H15FN2O2S2. The highest BCUT2D eigenvalue weighted by molar-refractivity contribution is 7.89. The van der Waals surface area contributed by atoms with Crippen LogP contribution in [-0.2, 0) is 10.0 Å². The Hall–Kier alpha value is -1.44. The van der Waals surface area contributed by atoms with Crippen LogP contribution in [0.15, 0.2) is 40.6 Å². The summed E-state index contributed by atoms with van der Waals surface area (Å²) in [6, 6.07) is 6.87. The lowest BCUT2D eigenvalue weighted by atomic mass is 10.3. The number of hydrogen-bond acceptors (Lipinski definition) is 4. The lowest BCUT2D eigenvalue weighted by Gasteiger charge is -2.23. The van der Waals surface area contributed by atoms with Gasteiger partial charge in [-0.1, -0.05) is 6.07 Å². The number of hydrogen-bond donors (Lipinski definition) is 1. The molecule has 2 N–H and O–H groups in total.